The predicted octanol–water partition coefficient (Wildman–Crippen LogP) is 3.53. The van der Waals surface area contributed by atoms with E-state index < -0.39 is 6.09 Å². The highest BCUT2D eigenvalue weighted by Gasteiger charge is 2.12. The molecule has 1 amide bonds. The Balaban J connectivity index is 2.03. The maximum absolute atomic E-state index is 11.6. The molecule has 22 heavy (non-hydrogen) atoms. The van der Waals surface area contributed by atoms with Crippen molar-refractivity contribution in [3.63, 3.8) is 0 Å². The number of benzene rings is 1. The number of hydrogen-bond donors (Lipinski definition) is 1. The summed E-state index contributed by atoms with van der Waals surface area (Å²) < 4.78 is 4.87. The average molecular weight is 319 g/mol. The Morgan fingerprint density at radius 3 is 2.36 bits per heavy atom. The van der Waals surface area contributed by atoms with Crippen LogP contribution >= 0.6 is 11.3 Å². The van der Waals surface area contributed by atoms with Crippen LogP contribution in [0.2, 0.25) is 0 Å². The number of carbonyl (C=O) groups excluding carboxylic acids is 1. The standard InChI is InChI=1S/C16H21N3O2S/c1-4-21-16(20)19(17)14-8-6-13(7-9-14)18(3)11-15-10-5-12(2)22-15/h5-10H,4,11,17H2,1-3H3. The molecule has 0 aliphatic rings. The highest BCUT2D eigenvalue weighted by atomic mass is 32.1. The summed E-state index contributed by atoms with van der Waals surface area (Å²) in [5, 5.41) is 1.01. The summed E-state index contributed by atoms with van der Waals surface area (Å²) in [5.74, 6) is 5.72. The normalized spacial score (nSPS) is 10.4. The molecular formula is C16H21N3O2S. The van der Waals surface area contributed by atoms with Gasteiger partial charge in [-0.1, -0.05) is 0 Å². The Hall–Kier alpha value is -2.05. The molecule has 0 bridgehead atoms. The Morgan fingerprint density at radius 1 is 1.18 bits per heavy atom. The Kier molecular flexibility index (Phi) is 5.41. The predicted molar refractivity (Wildman–Crippen MR) is 91.3 cm³/mol. The van der Waals surface area contributed by atoms with Crippen LogP contribution in [0.15, 0.2) is 36.4 Å². The van der Waals surface area contributed by atoms with E-state index in [0.717, 1.165) is 17.2 Å². The van der Waals surface area contributed by atoms with Crippen LogP contribution in [0.3, 0.4) is 0 Å². The largest absolute Gasteiger partial charge is 0.449 e. The number of nitrogens with zero attached hydrogens (tertiary/aromatic N) is 2. The summed E-state index contributed by atoms with van der Waals surface area (Å²) in [6, 6.07) is 11.8. The second-order valence-corrected chi connectivity index (χ2v) is 6.33. The van der Waals surface area contributed by atoms with Crippen LogP contribution in [0.4, 0.5) is 16.2 Å². The van der Waals surface area contributed by atoms with Crippen LogP contribution in [-0.2, 0) is 11.3 Å². The van der Waals surface area contributed by atoms with Crippen molar-refractivity contribution in [3.05, 3.63) is 46.2 Å². The second kappa shape index (κ2) is 7.29. The number of ether oxygens (including phenoxy) is 1. The molecule has 0 atom stereocenters. The van der Waals surface area contributed by atoms with Crippen LogP contribution in [0.1, 0.15) is 16.7 Å². The van der Waals surface area contributed by atoms with Gasteiger partial charge in [0, 0.05) is 22.5 Å². The molecule has 0 saturated carbocycles. The van der Waals surface area contributed by atoms with Gasteiger partial charge < -0.3 is 9.64 Å². The molecule has 6 heteroatoms. The van der Waals surface area contributed by atoms with Gasteiger partial charge in [-0.15, -0.1) is 11.3 Å². The number of amides is 1. The molecule has 0 aliphatic carbocycles. The molecule has 1 heterocycles. The van der Waals surface area contributed by atoms with Crippen molar-refractivity contribution in [1.82, 2.24) is 0 Å². The smallest absolute Gasteiger partial charge is 0.428 e. The summed E-state index contributed by atoms with van der Waals surface area (Å²) in [6.07, 6.45) is -0.558. The monoisotopic (exact) mass is 319 g/mol. The lowest BCUT2D eigenvalue weighted by Gasteiger charge is -2.20. The van der Waals surface area contributed by atoms with Crippen molar-refractivity contribution < 1.29 is 9.53 Å². The van der Waals surface area contributed by atoms with E-state index in [2.05, 4.69) is 24.0 Å². The summed E-state index contributed by atoms with van der Waals surface area (Å²) >= 11 is 1.80. The Labute approximate surface area is 134 Å². The minimum Gasteiger partial charge on any atom is -0.449 e. The van der Waals surface area contributed by atoms with Gasteiger partial charge in [0.05, 0.1) is 18.8 Å². The van der Waals surface area contributed by atoms with Gasteiger partial charge in [-0.3, -0.25) is 0 Å². The first-order chi connectivity index (χ1) is 10.5. The maximum atomic E-state index is 11.6. The molecular weight excluding hydrogens is 298 g/mol. The molecule has 0 radical (unpaired) electrons. The van der Waals surface area contributed by atoms with Gasteiger partial charge in [-0.25, -0.2) is 15.6 Å². The molecule has 0 saturated heterocycles. The van der Waals surface area contributed by atoms with Crippen molar-refractivity contribution in [1.29, 1.82) is 0 Å². The number of carbonyl (C=O) groups is 1. The van der Waals surface area contributed by atoms with Gasteiger partial charge in [0.15, 0.2) is 0 Å². The fourth-order valence-electron chi connectivity index (χ4n) is 2.06. The molecule has 0 spiro atoms. The van der Waals surface area contributed by atoms with E-state index >= 15 is 0 Å². The van der Waals surface area contributed by atoms with Gasteiger partial charge >= 0.3 is 6.09 Å². The van der Waals surface area contributed by atoms with Crippen LogP contribution in [-0.4, -0.2) is 19.7 Å². The van der Waals surface area contributed by atoms with Crippen LogP contribution in [0.25, 0.3) is 0 Å². The minimum absolute atomic E-state index is 0.299. The van der Waals surface area contributed by atoms with E-state index in [4.69, 9.17) is 10.6 Å². The number of hydrogen-bond acceptors (Lipinski definition) is 5. The molecule has 2 N–H and O–H groups in total. The van der Waals surface area contributed by atoms with Gasteiger partial charge in [0.1, 0.15) is 0 Å². The number of hydrazine groups is 1. The molecule has 5 nitrogen and oxygen atoms in total. The zero-order chi connectivity index (χ0) is 16.1. The maximum Gasteiger partial charge on any atom is 0.428 e. The SMILES string of the molecule is CCOC(=O)N(N)c1ccc(N(C)Cc2ccc(C)s2)cc1. The topological polar surface area (TPSA) is 58.8 Å². The van der Waals surface area contributed by atoms with Crippen LogP contribution in [0, 0.1) is 6.92 Å². The van der Waals surface area contributed by atoms with E-state index in [9.17, 15) is 4.79 Å². The van der Waals surface area contributed by atoms with Gasteiger partial charge in [-0.05, 0) is 50.2 Å². The molecule has 0 aliphatic heterocycles. The number of anilines is 2. The lowest BCUT2D eigenvalue weighted by Crippen LogP contribution is -2.37. The lowest BCUT2D eigenvalue weighted by atomic mass is 10.2. The van der Waals surface area contributed by atoms with E-state index in [1.165, 1.54) is 9.75 Å². The first-order valence-corrected chi connectivity index (χ1v) is 7.91. The third-order valence-electron chi connectivity index (χ3n) is 3.22. The number of thiophene rings is 1. The van der Waals surface area contributed by atoms with Crippen LogP contribution in [0.5, 0.6) is 0 Å². The van der Waals surface area contributed by atoms with Crippen molar-refractivity contribution in [2.75, 3.05) is 23.6 Å². The summed E-state index contributed by atoms with van der Waals surface area (Å²) in [4.78, 5) is 16.4. The van der Waals surface area contributed by atoms with E-state index in [-0.39, 0.29) is 0 Å². The fraction of sp³-hybridized carbons (Fsp3) is 0.312. The molecule has 2 aromatic rings. The fourth-order valence-corrected chi connectivity index (χ4v) is 3.01. The summed E-state index contributed by atoms with van der Waals surface area (Å²) in [5.41, 5.74) is 1.66. The molecule has 2 rings (SSSR count). The average Bonchev–Trinajstić information content (AvgIpc) is 2.92. The van der Waals surface area contributed by atoms with E-state index in [1.54, 1.807) is 18.3 Å². The molecule has 118 valence electrons. The Bertz CT molecular complexity index is 625. The lowest BCUT2D eigenvalue weighted by molar-refractivity contribution is 0.160. The quantitative estimate of drug-likeness (QED) is 0.520. The van der Waals surface area contributed by atoms with Gasteiger partial charge in [-0.2, -0.15) is 0 Å². The third-order valence-corrected chi connectivity index (χ3v) is 4.21. The van der Waals surface area contributed by atoms with Crippen molar-refractivity contribution >= 4 is 28.8 Å². The second-order valence-electron chi connectivity index (χ2n) is 4.95. The number of rotatable bonds is 5. The minimum atomic E-state index is -0.558. The summed E-state index contributed by atoms with van der Waals surface area (Å²) in [7, 11) is 2.04. The highest BCUT2D eigenvalue weighted by molar-refractivity contribution is 7.11. The molecule has 1 aromatic heterocycles. The van der Waals surface area contributed by atoms with Crippen molar-refractivity contribution in [2.45, 2.75) is 20.4 Å². The van der Waals surface area contributed by atoms with Gasteiger partial charge in [0.25, 0.3) is 0 Å². The van der Waals surface area contributed by atoms with Crippen molar-refractivity contribution in [2.24, 2.45) is 5.84 Å². The number of nitrogens with two attached hydrogens (primary N) is 1. The zero-order valence-electron chi connectivity index (χ0n) is 13.1. The Morgan fingerprint density at radius 2 is 1.82 bits per heavy atom. The molecule has 1 aromatic carbocycles. The summed E-state index contributed by atoms with van der Waals surface area (Å²) in [6.45, 7) is 5.00. The zero-order valence-corrected chi connectivity index (χ0v) is 13.9. The molecule has 0 unspecified atom stereocenters. The van der Waals surface area contributed by atoms with Crippen molar-refractivity contribution in [3.8, 4) is 0 Å². The van der Waals surface area contributed by atoms with Crippen LogP contribution < -0.4 is 15.8 Å². The van der Waals surface area contributed by atoms with Gasteiger partial charge in [0.2, 0.25) is 0 Å². The first kappa shape index (κ1) is 16.3. The third kappa shape index (κ3) is 3.99. The highest BCUT2D eigenvalue weighted by Crippen LogP contribution is 2.23. The van der Waals surface area contributed by atoms with E-state index in [1.807, 2.05) is 31.3 Å². The molecule has 0 fully saturated rings. The van der Waals surface area contributed by atoms with E-state index in [0.29, 0.717) is 12.3 Å². The number of aryl methyl sites for hydroxylation is 1. The first-order valence-electron chi connectivity index (χ1n) is 7.09.